The van der Waals surface area contributed by atoms with Crippen LogP contribution in [0.2, 0.25) is 0 Å². The lowest BCUT2D eigenvalue weighted by Gasteiger charge is -2.06. The Bertz CT molecular complexity index is 524. The van der Waals surface area contributed by atoms with Crippen molar-refractivity contribution >= 4 is 31.9 Å². The van der Waals surface area contributed by atoms with Crippen LogP contribution in [0.1, 0.15) is 15.9 Å². The lowest BCUT2D eigenvalue weighted by Crippen LogP contribution is -2.14. The molecule has 1 rings (SSSR count). The largest absolute Gasteiger partial charge is 0.478 e. The number of hydrogen-bond acceptors (Lipinski definition) is 3. The first-order chi connectivity index (χ1) is 6.73. The summed E-state index contributed by atoms with van der Waals surface area (Å²) >= 11 is 3.07. The maximum absolute atomic E-state index is 11.0. The van der Waals surface area contributed by atoms with Gasteiger partial charge in [-0.3, -0.25) is 0 Å². The minimum absolute atomic E-state index is 0.0894. The molecule has 0 atom stereocenters. The Kier molecular flexibility index (Phi) is 3.17. The molecule has 1 aromatic carbocycles. The number of primary sulfonamides is 1. The molecule has 0 aliphatic rings. The molecule has 0 aliphatic carbocycles. The second-order valence-electron chi connectivity index (χ2n) is 2.93. The number of halogens is 1. The van der Waals surface area contributed by atoms with Crippen molar-refractivity contribution in [1.82, 2.24) is 0 Å². The van der Waals surface area contributed by atoms with Crippen LogP contribution in [0.25, 0.3) is 0 Å². The zero-order valence-corrected chi connectivity index (χ0v) is 10.1. The van der Waals surface area contributed by atoms with Gasteiger partial charge in [0.05, 0.1) is 10.5 Å². The normalized spacial score (nSPS) is 11.4. The van der Waals surface area contributed by atoms with Crippen molar-refractivity contribution in [2.24, 2.45) is 5.14 Å². The molecule has 0 amide bonds. The van der Waals surface area contributed by atoms with E-state index in [9.17, 15) is 13.2 Å². The van der Waals surface area contributed by atoms with Crippen LogP contribution in [0, 0.1) is 6.92 Å². The third-order valence-electron chi connectivity index (χ3n) is 1.88. The molecule has 0 saturated heterocycles. The molecule has 3 N–H and O–H groups in total. The standard InChI is InChI=1S/C8H8BrNO4S/c1-4-6(8(11)12)2-5(3-7(4)9)15(10,13)14/h2-3H,1H3,(H,11,12)(H2,10,13,14). The predicted molar refractivity (Wildman–Crippen MR) is 57.2 cm³/mol. The van der Waals surface area contributed by atoms with Crippen LogP contribution >= 0.6 is 15.9 Å². The third kappa shape index (κ3) is 2.55. The highest BCUT2D eigenvalue weighted by molar-refractivity contribution is 9.10. The molecule has 0 radical (unpaired) electrons. The fraction of sp³-hybridized carbons (Fsp3) is 0.125. The molecule has 0 spiro atoms. The van der Waals surface area contributed by atoms with E-state index in [0.29, 0.717) is 10.0 Å². The third-order valence-corrected chi connectivity index (χ3v) is 3.59. The summed E-state index contributed by atoms with van der Waals surface area (Å²) in [6, 6.07) is 2.31. The summed E-state index contributed by atoms with van der Waals surface area (Å²) < 4.78 is 22.5. The average molecular weight is 294 g/mol. The van der Waals surface area contributed by atoms with Crippen LogP contribution in [-0.4, -0.2) is 19.5 Å². The summed E-state index contributed by atoms with van der Waals surface area (Å²) in [4.78, 5) is 10.6. The first-order valence-corrected chi connectivity index (χ1v) is 6.13. The average Bonchev–Trinajstić information content (AvgIpc) is 2.06. The maximum Gasteiger partial charge on any atom is 0.336 e. The van der Waals surface area contributed by atoms with Gasteiger partial charge in [0.15, 0.2) is 0 Å². The molecule has 7 heteroatoms. The summed E-state index contributed by atoms with van der Waals surface area (Å²) in [6.45, 7) is 1.57. The monoisotopic (exact) mass is 293 g/mol. The van der Waals surface area contributed by atoms with Crippen molar-refractivity contribution in [1.29, 1.82) is 0 Å². The Labute approximate surface area is 95.1 Å². The van der Waals surface area contributed by atoms with Gasteiger partial charge in [-0.25, -0.2) is 18.4 Å². The smallest absolute Gasteiger partial charge is 0.336 e. The number of carboxylic acids is 1. The van der Waals surface area contributed by atoms with E-state index in [0.717, 1.165) is 6.07 Å². The highest BCUT2D eigenvalue weighted by Crippen LogP contribution is 2.24. The van der Waals surface area contributed by atoms with E-state index in [1.165, 1.54) is 6.07 Å². The van der Waals surface area contributed by atoms with Crippen LogP contribution in [-0.2, 0) is 10.0 Å². The zero-order valence-electron chi connectivity index (χ0n) is 7.69. The minimum Gasteiger partial charge on any atom is -0.478 e. The van der Waals surface area contributed by atoms with Crippen molar-refractivity contribution in [2.75, 3.05) is 0 Å². The van der Waals surface area contributed by atoms with Crippen LogP contribution in [0.15, 0.2) is 21.5 Å². The van der Waals surface area contributed by atoms with Gasteiger partial charge in [0.25, 0.3) is 0 Å². The van der Waals surface area contributed by atoms with Crippen molar-refractivity contribution in [3.8, 4) is 0 Å². The number of nitrogens with two attached hydrogens (primary N) is 1. The van der Waals surface area contributed by atoms with Gasteiger partial charge in [-0.2, -0.15) is 0 Å². The van der Waals surface area contributed by atoms with Crippen molar-refractivity contribution in [3.05, 3.63) is 27.7 Å². The second kappa shape index (κ2) is 3.92. The van der Waals surface area contributed by atoms with Crippen molar-refractivity contribution in [2.45, 2.75) is 11.8 Å². The Balaban J connectivity index is 3.57. The highest BCUT2D eigenvalue weighted by atomic mass is 79.9. The molecule has 0 bridgehead atoms. The number of sulfonamides is 1. The maximum atomic E-state index is 11.0. The van der Waals surface area contributed by atoms with Gasteiger partial charge in [0.1, 0.15) is 0 Å². The quantitative estimate of drug-likeness (QED) is 0.853. The van der Waals surface area contributed by atoms with E-state index < -0.39 is 16.0 Å². The molecule has 0 heterocycles. The van der Waals surface area contributed by atoms with Crippen molar-refractivity contribution < 1.29 is 18.3 Å². The molecule has 0 unspecified atom stereocenters. The van der Waals surface area contributed by atoms with Gasteiger partial charge in [-0.1, -0.05) is 15.9 Å². The zero-order chi connectivity index (χ0) is 11.8. The number of hydrogen-bond donors (Lipinski definition) is 2. The van der Waals surface area contributed by atoms with Crippen LogP contribution in [0.4, 0.5) is 0 Å². The Morgan fingerprint density at radius 1 is 1.47 bits per heavy atom. The number of aromatic carboxylic acids is 1. The van der Waals surface area contributed by atoms with Gasteiger partial charge in [0, 0.05) is 4.47 Å². The minimum atomic E-state index is -3.89. The van der Waals surface area contributed by atoms with Gasteiger partial charge >= 0.3 is 5.97 Å². The Hall–Kier alpha value is -0.920. The molecule has 0 aromatic heterocycles. The Morgan fingerprint density at radius 2 is 2.00 bits per heavy atom. The fourth-order valence-corrected chi connectivity index (χ4v) is 2.22. The summed E-state index contributed by atoms with van der Waals surface area (Å²) in [5.41, 5.74) is 0.364. The van der Waals surface area contributed by atoms with Crippen LogP contribution in [0.5, 0.6) is 0 Å². The number of benzene rings is 1. The Morgan fingerprint density at radius 3 is 2.40 bits per heavy atom. The van der Waals surface area contributed by atoms with E-state index in [2.05, 4.69) is 15.9 Å². The van der Waals surface area contributed by atoms with Crippen LogP contribution in [0.3, 0.4) is 0 Å². The number of carboxylic acid groups (broad SMARTS) is 1. The number of carbonyl (C=O) groups is 1. The first kappa shape index (κ1) is 12.2. The molecule has 5 nitrogen and oxygen atoms in total. The van der Waals surface area contributed by atoms with Gasteiger partial charge < -0.3 is 5.11 Å². The summed E-state index contributed by atoms with van der Waals surface area (Å²) in [6.07, 6.45) is 0. The van der Waals surface area contributed by atoms with E-state index in [1.54, 1.807) is 6.92 Å². The molecular formula is C8H8BrNO4S. The highest BCUT2D eigenvalue weighted by Gasteiger charge is 2.16. The molecule has 1 aromatic rings. The van der Waals surface area contributed by atoms with E-state index >= 15 is 0 Å². The van der Waals surface area contributed by atoms with Crippen LogP contribution < -0.4 is 5.14 Å². The number of rotatable bonds is 2. The van der Waals surface area contributed by atoms with Gasteiger partial charge in [-0.05, 0) is 24.6 Å². The van der Waals surface area contributed by atoms with E-state index in [4.69, 9.17) is 10.2 Å². The summed E-state index contributed by atoms with van der Waals surface area (Å²) in [7, 11) is -3.89. The predicted octanol–water partition coefficient (Wildman–Crippen LogP) is 1.10. The van der Waals surface area contributed by atoms with Crippen molar-refractivity contribution in [3.63, 3.8) is 0 Å². The topological polar surface area (TPSA) is 97.5 Å². The summed E-state index contributed by atoms with van der Waals surface area (Å²) in [5.74, 6) is -1.20. The van der Waals surface area contributed by atoms with Gasteiger partial charge in [-0.15, -0.1) is 0 Å². The molecule has 15 heavy (non-hydrogen) atoms. The lowest BCUT2D eigenvalue weighted by molar-refractivity contribution is 0.0695. The molecule has 0 fully saturated rings. The SMILES string of the molecule is Cc1c(Br)cc(S(N)(=O)=O)cc1C(=O)O. The molecular weight excluding hydrogens is 286 g/mol. The summed E-state index contributed by atoms with van der Waals surface area (Å²) in [5, 5.41) is 13.7. The molecule has 82 valence electrons. The van der Waals surface area contributed by atoms with Gasteiger partial charge in [0.2, 0.25) is 10.0 Å². The molecule has 0 saturated carbocycles. The van der Waals surface area contributed by atoms with E-state index in [-0.39, 0.29) is 10.5 Å². The van der Waals surface area contributed by atoms with E-state index in [1.807, 2.05) is 0 Å². The first-order valence-electron chi connectivity index (χ1n) is 3.79. The second-order valence-corrected chi connectivity index (χ2v) is 5.34. The lowest BCUT2D eigenvalue weighted by atomic mass is 10.1. The fourth-order valence-electron chi connectivity index (χ4n) is 1.04. The molecule has 0 aliphatic heterocycles.